The SMILES string of the molecule is CCNC(CC(C)(C)C)c1c(Br)cnn1CCN(C)C. The van der Waals surface area contributed by atoms with E-state index in [-0.39, 0.29) is 5.41 Å². The number of hydrogen-bond donors (Lipinski definition) is 1. The van der Waals surface area contributed by atoms with Crippen molar-refractivity contribution in [2.24, 2.45) is 5.41 Å². The Balaban J connectivity index is 2.96. The zero-order chi connectivity index (χ0) is 15.3. The van der Waals surface area contributed by atoms with Gasteiger partial charge in [0.2, 0.25) is 0 Å². The van der Waals surface area contributed by atoms with Gasteiger partial charge < -0.3 is 10.2 Å². The van der Waals surface area contributed by atoms with E-state index in [1.807, 2.05) is 6.20 Å². The predicted molar refractivity (Wildman–Crippen MR) is 89.0 cm³/mol. The third-order valence-electron chi connectivity index (χ3n) is 3.19. The zero-order valence-electron chi connectivity index (χ0n) is 13.7. The smallest absolute Gasteiger partial charge is 0.0696 e. The lowest BCUT2D eigenvalue weighted by molar-refractivity contribution is 0.297. The molecule has 4 nitrogen and oxygen atoms in total. The number of aromatic nitrogens is 2. The normalized spacial score (nSPS) is 14.0. The van der Waals surface area contributed by atoms with Crippen LogP contribution in [0.4, 0.5) is 0 Å². The first-order valence-electron chi connectivity index (χ1n) is 7.34. The van der Waals surface area contributed by atoms with Crippen molar-refractivity contribution in [3.8, 4) is 0 Å². The van der Waals surface area contributed by atoms with Gasteiger partial charge in [-0.05, 0) is 48.4 Å². The summed E-state index contributed by atoms with van der Waals surface area (Å²) in [4.78, 5) is 2.19. The van der Waals surface area contributed by atoms with Crippen LogP contribution in [0.3, 0.4) is 0 Å². The second kappa shape index (κ2) is 7.57. The summed E-state index contributed by atoms with van der Waals surface area (Å²) in [6.07, 6.45) is 3.01. The molecule has 1 aromatic rings. The van der Waals surface area contributed by atoms with Gasteiger partial charge in [-0.2, -0.15) is 5.10 Å². The average Bonchev–Trinajstić information content (AvgIpc) is 2.65. The molecule has 0 aliphatic heterocycles. The molecule has 1 atom stereocenters. The molecule has 116 valence electrons. The summed E-state index contributed by atoms with van der Waals surface area (Å²) in [5, 5.41) is 8.13. The molecular weight excluding hydrogens is 316 g/mol. The molecule has 0 aliphatic rings. The highest BCUT2D eigenvalue weighted by Crippen LogP contribution is 2.33. The van der Waals surface area contributed by atoms with E-state index >= 15 is 0 Å². The molecule has 1 aromatic heterocycles. The summed E-state index contributed by atoms with van der Waals surface area (Å²) in [5.74, 6) is 0. The molecule has 0 aliphatic carbocycles. The van der Waals surface area contributed by atoms with Crippen molar-refractivity contribution in [2.45, 2.75) is 46.7 Å². The van der Waals surface area contributed by atoms with E-state index in [2.05, 4.69) is 77.7 Å². The lowest BCUT2D eigenvalue weighted by atomic mass is 9.87. The van der Waals surface area contributed by atoms with E-state index in [1.165, 1.54) is 5.69 Å². The molecule has 0 amide bonds. The Kier molecular flexibility index (Phi) is 6.69. The van der Waals surface area contributed by atoms with Crippen LogP contribution in [0.2, 0.25) is 0 Å². The lowest BCUT2D eigenvalue weighted by Crippen LogP contribution is -2.29. The maximum atomic E-state index is 4.52. The fourth-order valence-corrected chi connectivity index (χ4v) is 2.89. The van der Waals surface area contributed by atoms with Gasteiger partial charge in [0.25, 0.3) is 0 Å². The molecule has 0 spiro atoms. The van der Waals surface area contributed by atoms with Crippen LogP contribution in [0.1, 0.15) is 45.9 Å². The minimum atomic E-state index is 0.281. The summed E-state index contributed by atoms with van der Waals surface area (Å²) >= 11 is 3.67. The van der Waals surface area contributed by atoms with Crippen molar-refractivity contribution < 1.29 is 0 Å². The monoisotopic (exact) mass is 344 g/mol. The van der Waals surface area contributed by atoms with Gasteiger partial charge in [-0.3, -0.25) is 4.68 Å². The molecule has 0 aromatic carbocycles. The van der Waals surface area contributed by atoms with Crippen LogP contribution in [-0.2, 0) is 6.54 Å². The number of halogens is 1. The Morgan fingerprint density at radius 3 is 2.55 bits per heavy atom. The van der Waals surface area contributed by atoms with Crippen LogP contribution in [-0.4, -0.2) is 41.9 Å². The van der Waals surface area contributed by atoms with Crippen LogP contribution in [0, 0.1) is 5.41 Å². The molecule has 0 fully saturated rings. The standard InChI is InChI=1S/C15H29BrN4/c1-7-17-13(10-15(2,3)4)14-12(16)11-18-20(14)9-8-19(5)6/h11,13,17H,7-10H2,1-6H3. The summed E-state index contributed by atoms with van der Waals surface area (Å²) in [6.45, 7) is 11.9. The molecular formula is C15H29BrN4. The summed E-state index contributed by atoms with van der Waals surface area (Å²) < 4.78 is 3.23. The predicted octanol–water partition coefficient (Wildman–Crippen LogP) is 3.29. The van der Waals surface area contributed by atoms with Gasteiger partial charge in [0.05, 0.1) is 29.0 Å². The topological polar surface area (TPSA) is 33.1 Å². The van der Waals surface area contributed by atoms with Crippen molar-refractivity contribution in [2.75, 3.05) is 27.2 Å². The number of likely N-dealkylation sites (N-methyl/N-ethyl adjacent to an activating group) is 1. The third-order valence-corrected chi connectivity index (χ3v) is 3.80. The quantitative estimate of drug-likeness (QED) is 0.823. The van der Waals surface area contributed by atoms with Crippen molar-refractivity contribution in [1.82, 2.24) is 20.0 Å². The number of nitrogens with one attached hydrogen (secondary N) is 1. The van der Waals surface area contributed by atoms with E-state index in [0.717, 1.165) is 30.5 Å². The average molecular weight is 345 g/mol. The van der Waals surface area contributed by atoms with Crippen molar-refractivity contribution >= 4 is 15.9 Å². The van der Waals surface area contributed by atoms with Crippen LogP contribution >= 0.6 is 15.9 Å². The van der Waals surface area contributed by atoms with E-state index in [1.54, 1.807) is 0 Å². The van der Waals surface area contributed by atoms with Crippen LogP contribution < -0.4 is 5.32 Å². The highest BCUT2D eigenvalue weighted by Gasteiger charge is 2.24. The van der Waals surface area contributed by atoms with Crippen LogP contribution in [0.5, 0.6) is 0 Å². The largest absolute Gasteiger partial charge is 0.309 e. The summed E-state index contributed by atoms with van der Waals surface area (Å²) in [5.41, 5.74) is 1.55. The van der Waals surface area contributed by atoms with Gasteiger partial charge in [-0.15, -0.1) is 0 Å². The van der Waals surface area contributed by atoms with Gasteiger partial charge >= 0.3 is 0 Å². The highest BCUT2D eigenvalue weighted by atomic mass is 79.9. The zero-order valence-corrected chi connectivity index (χ0v) is 15.3. The van der Waals surface area contributed by atoms with Crippen LogP contribution in [0.25, 0.3) is 0 Å². The Morgan fingerprint density at radius 2 is 2.05 bits per heavy atom. The minimum Gasteiger partial charge on any atom is -0.309 e. The van der Waals surface area contributed by atoms with E-state index in [0.29, 0.717) is 6.04 Å². The molecule has 1 rings (SSSR count). The molecule has 0 saturated heterocycles. The highest BCUT2D eigenvalue weighted by molar-refractivity contribution is 9.10. The number of hydrogen-bond acceptors (Lipinski definition) is 3. The Bertz CT molecular complexity index is 406. The molecule has 5 heteroatoms. The van der Waals surface area contributed by atoms with Crippen molar-refractivity contribution in [3.05, 3.63) is 16.4 Å². The maximum Gasteiger partial charge on any atom is 0.0696 e. The molecule has 1 heterocycles. The van der Waals surface area contributed by atoms with Gasteiger partial charge in [0.15, 0.2) is 0 Å². The van der Waals surface area contributed by atoms with Gasteiger partial charge in [-0.1, -0.05) is 27.7 Å². The number of nitrogens with zero attached hydrogens (tertiary/aromatic N) is 3. The van der Waals surface area contributed by atoms with Gasteiger partial charge in [-0.25, -0.2) is 0 Å². The first-order valence-corrected chi connectivity index (χ1v) is 8.13. The van der Waals surface area contributed by atoms with Crippen molar-refractivity contribution in [3.63, 3.8) is 0 Å². The minimum absolute atomic E-state index is 0.281. The van der Waals surface area contributed by atoms with Gasteiger partial charge in [0, 0.05) is 6.54 Å². The second-order valence-corrected chi connectivity index (χ2v) is 7.63. The molecule has 1 unspecified atom stereocenters. The molecule has 1 N–H and O–H groups in total. The van der Waals surface area contributed by atoms with Crippen LogP contribution in [0.15, 0.2) is 10.7 Å². The van der Waals surface area contributed by atoms with E-state index < -0.39 is 0 Å². The number of rotatable bonds is 7. The summed E-state index contributed by atoms with van der Waals surface area (Å²) in [6, 6.07) is 0.332. The summed E-state index contributed by atoms with van der Waals surface area (Å²) in [7, 11) is 4.18. The first kappa shape index (κ1) is 17.7. The lowest BCUT2D eigenvalue weighted by Gasteiger charge is -2.28. The Labute approximate surface area is 132 Å². The fourth-order valence-electron chi connectivity index (χ4n) is 2.32. The Hall–Kier alpha value is -0.390. The molecule has 20 heavy (non-hydrogen) atoms. The van der Waals surface area contributed by atoms with Crippen molar-refractivity contribution in [1.29, 1.82) is 0 Å². The van der Waals surface area contributed by atoms with E-state index in [9.17, 15) is 0 Å². The molecule has 0 radical (unpaired) electrons. The van der Waals surface area contributed by atoms with Gasteiger partial charge in [0.1, 0.15) is 0 Å². The molecule has 0 bridgehead atoms. The molecule has 0 saturated carbocycles. The fraction of sp³-hybridized carbons (Fsp3) is 0.800. The maximum absolute atomic E-state index is 4.52. The van der Waals surface area contributed by atoms with E-state index in [4.69, 9.17) is 0 Å². The Morgan fingerprint density at radius 1 is 1.40 bits per heavy atom. The third kappa shape index (κ3) is 5.54. The first-order chi connectivity index (χ1) is 9.24. The second-order valence-electron chi connectivity index (χ2n) is 6.78.